The van der Waals surface area contributed by atoms with E-state index in [0.29, 0.717) is 31.9 Å². The van der Waals surface area contributed by atoms with Gasteiger partial charge in [0.15, 0.2) is 18.1 Å². The molecule has 4 rings (SSSR count). The van der Waals surface area contributed by atoms with Gasteiger partial charge in [0.25, 0.3) is 5.91 Å². The Labute approximate surface area is 237 Å². The number of anilines is 1. The highest BCUT2D eigenvalue weighted by Gasteiger charge is 2.43. The lowest BCUT2D eigenvalue weighted by atomic mass is 9.81. The summed E-state index contributed by atoms with van der Waals surface area (Å²) in [5, 5.41) is 10.2. The van der Waals surface area contributed by atoms with Gasteiger partial charge in [0, 0.05) is 19.2 Å². The summed E-state index contributed by atoms with van der Waals surface area (Å²) in [6, 6.07) is 15.4. The molecule has 0 aromatic heterocycles. The van der Waals surface area contributed by atoms with Crippen LogP contribution in [-0.4, -0.2) is 77.0 Å². The van der Waals surface area contributed by atoms with Gasteiger partial charge >= 0.3 is 11.9 Å². The second-order valence-corrected chi connectivity index (χ2v) is 8.95. The number of nitriles is 1. The molecular formula is C29H30N4O8. The summed E-state index contributed by atoms with van der Waals surface area (Å²) in [5.74, 6) is -2.51. The Bertz CT molecular complexity index is 1420. The van der Waals surface area contributed by atoms with Crippen molar-refractivity contribution in [2.24, 2.45) is 5.73 Å². The van der Waals surface area contributed by atoms with E-state index in [1.54, 1.807) is 41.3 Å². The largest absolute Gasteiger partial charge is 0.493 e. The van der Waals surface area contributed by atoms with Crippen LogP contribution < -0.4 is 20.1 Å². The minimum absolute atomic E-state index is 0.0275. The molecule has 41 heavy (non-hydrogen) atoms. The number of rotatable bonds is 8. The van der Waals surface area contributed by atoms with Crippen molar-refractivity contribution in [2.45, 2.75) is 5.92 Å². The maximum Gasteiger partial charge on any atom is 0.355 e. The normalized spacial score (nSPS) is 17.1. The Morgan fingerprint density at radius 1 is 1.00 bits per heavy atom. The summed E-state index contributed by atoms with van der Waals surface area (Å²) in [5.41, 5.74) is 7.06. The Kier molecular flexibility index (Phi) is 9.11. The van der Waals surface area contributed by atoms with Crippen molar-refractivity contribution in [3.05, 3.63) is 76.8 Å². The second kappa shape index (κ2) is 12.9. The van der Waals surface area contributed by atoms with E-state index in [1.807, 2.05) is 0 Å². The van der Waals surface area contributed by atoms with Crippen molar-refractivity contribution in [2.75, 3.05) is 59.1 Å². The SMILES string of the molecule is COC(=O)C1=C(C(=O)OC)N(c2ccc(OCC(=O)N3CCOCC3)c(OC)c2)C(N)=C(C#N)C1c1ccccc1. The first kappa shape index (κ1) is 29.0. The highest BCUT2D eigenvalue weighted by Crippen LogP contribution is 2.44. The zero-order valence-electron chi connectivity index (χ0n) is 22.9. The topological polar surface area (TPSA) is 154 Å². The molecule has 1 unspecified atom stereocenters. The van der Waals surface area contributed by atoms with E-state index < -0.39 is 17.9 Å². The lowest BCUT2D eigenvalue weighted by molar-refractivity contribution is -0.139. The van der Waals surface area contributed by atoms with Crippen LogP contribution in [0.25, 0.3) is 0 Å². The zero-order valence-corrected chi connectivity index (χ0v) is 22.9. The number of amides is 1. The highest BCUT2D eigenvalue weighted by atomic mass is 16.5. The minimum Gasteiger partial charge on any atom is -0.493 e. The van der Waals surface area contributed by atoms with Crippen molar-refractivity contribution in [3.8, 4) is 17.6 Å². The molecule has 0 radical (unpaired) electrons. The van der Waals surface area contributed by atoms with Crippen LogP contribution in [0.2, 0.25) is 0 Å². The van der Waals surface area contributed by atoms with Crippen LogP contribution in [0, 0.1) is 11.3 Å². The Hall–Kier alpha value is -5.02. The summed E-state index contributed by atoms with van der Waals surface area (Å²) in [6.45, 7) is 1.67. The van der Waals surface area contributed by atoms with Gasteiger partial charge in [0.05, 0.1) is 63.4 Å². The zero-order chi connectivity index (χ0) is 29.5. The molecule has 2 aromatic carbocycles. The van der Waals surface area contributed by atoms with Crippen LogP contribution in [0.1, 0.15) is 11.5 Å². The lowest BCUT2D eigenvalue weighted by Gasteiger charge is -2.36. The molecule has 0 spiro atoms. The van der Waals surface area contributed by atoms with Crippen molar-refractivity contribution < 1.29 is 38.1 Å². The first-order valence-corrected chi connectivity index (χ1v) is 12.7. The number of allylic oxidation sites excluding steroid dienone is 1. The van der Waals surface area contributed by atoms with E-state index in [0.717, 1.165) is 0 Å². The monoisotopic (exact) mass is 562 g/mol. The van der Waals surface area contributed by atoms with Gasteiger partial charge in [-0.05, 0) is 17.7 Å². The number of nitrogens with zero attached hydrogens (tertiary/aromatic N) is 3. The predicted molar refractivity (Wildman–Crippen MR) is 145 cm³/mol. The van der Waals surface area contributed by atoms with Crippen molar-refractivity contribution in [3.63, 3.8) is 0 Å². The van der Waals surface area contributed by atoms with Crippen LogP contribution in [0.4, 0.5) is 5.69 Å². The molecule has 1 amide bonds. The number of carbonyl (C=O) groups is 3. The number of morpholine rings is 1. The molecule has 2 aliphatic heterocycles. The molecule has 12 nitrogen and oxygen atoms in total. The van der Waals surface area contributed by atoms with Crippen LogP contribution in [-0.2, 0) is 28.6 Å². The maximum absolute atomic E-state index is 13.3. The van der Waals surface area contributed by atoms with Crippen LogP contribution in [0.3, 0.4) is 0 Å². The maximum atomic E-state index is 13.3. The fourth-order valence-corrected chi connectivity index (χ4v) is 4.74. The summed E-state index contributed by atoms with van der Waals surface area (Å²) in [4.78, 5) is 41.9. The van der Waals surface area contributed by atoms with Gasteiger partial charge < -0.3 is 34.3 Å². The molecular weight excluding hydrogens is 532 g/mol. The third-order valence-corrected chi connectivity index (χ3v) is 6.73. The van der Waals surface area contributed by atoms with Gasteiger partial charge in [0.2, 0.25) is 0 Å². The van der Waals surface area contributed by atoms with Gasteiger partial charge in [0.1, 0.15) is 11.5 Å². The van der Waals surface area contributed by atoms with E-state index in [9.17, 15) is 19.6 Å². The smallest absolute Gasteiger partial charge is 0.355 e. The first-order chi connectivity index (χ1) is 19.9. The minimum atomic E-state index is -0.991. The van der Waals surface area contributed by atoms with Crippen LogP contribution in [0.15, 0.2) is 71.2 Å². The molecule has 1 atom stereocenters. The molecule has 0 aliphatic carbocycles. The molecule has 1 saturated heterocycles. The number of methoxy groups -OCH3 is 3. The molecule has 2 heterocycles. The standard InChI is InChI=1S/C29H30N4O8/c1-37-22-15-19(9-10-21(22)41-17-23(34)32-11-13-40-14-12-32)33-26(29(36)39-3)25(28(35)38-2)24(20(16-30)27(33)31)18-7-5-4-6-8-18/h4-10,15,24H,11-14,17,31H2,1-3H3. The average Bonchev–Trinajstić information content (AvgIpc) is 3.02. The van der Waals surface area contributed by atoms with E-state index in [2.05, 4.69) is 6.07 Å². The van der Waals surface area contributed by atoms with Crippen molar-refractivity contribution >= 4 is 23.5 Å². The lowest BCUT2D eigenvalue weighted by Crippen LogP contribution is -2.43. The number of hydrogen-bond donors (Lipinski definition) is 1. The van der Waals surface area contributed by atoms with Gasteiger partial charge in [-0.25, -0.2) is 9.59 Å². The predicted octanol–water partition coefficient (Wildman–Crippen LogP) is 1.83. The third-order valence-electron chi connectivity index (χ3n) is 6.73. The quantitative estimate of drug-likeness (QED) is 0.469. The Morgan fingerprint density at radius 3 is 2.29 bits per heavy atom. The van der Waals surface area contributed by atoms with Gasteiger partial charge in [-0.3, -0.25) is 9.69 Å². The third kappa shape index (κ3) is 5.80. The molecule has 1 fully saturated rings. The highest BCUT2D eigenvalue weighted by molar-refractivity contribution is 6.06. The fraction of sp³-hybridized carbons (Fsp3) is 0.310. The van der Waals surface area contributed by atoms with Crippen LogP contribution >= 0.6 is 0 Å². The average molecular weight is 563 g/mol. The summed E-state index contributed by atoms with van der Waals surface area (Å²) >= 11 is 0. The number of benzene rings is 2. The van der Waals surface area contributed by atoms with E-state index in [4.69, 9.17) is 29.4 Å². The molecule has 2 N–H and O–H groups in total. The van der Waals surface area contributed by atoms with Gasteiger partial charge in [-0.15, -0.1) is 0 Å². The van der Waals surface area contributed by atoms with Crippen molar-refractivity contribution in [1.82, 2.24) is 4.90 Å². The molecule has 0 saturated carbocycles. The number of carbonyl (C=O) groups excluding carboxylic acids is 3. The summed E-state index contributed by atoms with van der Waals surface area (Å²) in [6.07, 6.45) is 0. The van der Waals surface area contributed by atoms with Gasteiger partial charge in [-0.2, -0.15) is 5.26 Å². The number of nitrogens with two attached hydrogens (primary N) is 1. The van der Waals surface area contributed by atoms with E-state index >= 15 is 0 Å². The molecule has 12 heteroatoms. The molecule has 0 bridgehead atoms. The number of esters is 2. The first-order valence-electron chi connectivity index (χ1n) is 12.7. The Morgan fingerprint density at radius 2 is 1.68 bits per heavy atom. The van der Waals surface area contributed by atoms with E-state index in [1.165, 1.54) is 38.4 Å². The number of ether oxygens (including phenoxy) is 5. The second-order valence-electron chi connectivity index (χ2n) is 8.95. The van der Waals surface area contributed by atoms with Crippen LogP contribution in [0.5, 0.6) is 11.5 Å². The van der Waals surface area contributed by atoms with Gasteiger partial charge in [-0.1, -0.05) is 30.3 Å². The molecule has 214 valence electrons. The summed E-state index contributed by atoms with van der Waals surface area (Å²) < 4.78 is 26.7. The fourth-order valence-electron chi connectivity index (χ4n) is 4.74. The molecule has 2 aliphatic rings. The Balaban J connectivity index is 1.79. The van der Waals surface area contributed by atoms with Crippen molar-refractivity contribution in [1.29, 1.82) is 5.26 Å². The molecule has 2 aromatic rings. The van der Waals surface area contributed by atoms with E-state index in [-0.39, 0.29) is 52.4 Å². The summed E-state index contributed by atoms with van der Waals surface area (Å²) in [7, 11) is 3.76. The number of hydrogen-bond acceptors (Lipinski definition) is 11.